The second-order valence-corrected chi connectivity index (χ2v) is 8.38. The lowest BCUT2D eigenvalue weighted by molar-refractivity contribution is -0.139. The van der Waals surface area contributed by atoms with E-state index < -0.39 is 23.7 Å². The van der Waals surface area contributed by atoms with E-state index >= 15 is 0 Å². The topological polar surface area (TPSA) is 99.0 Å². The quantitative estimate of drug-likeness (QED) is 0.561. The van der Waals surface area contributed by atoms with Crippen molar-refractivity contribution in [1.82, 2.24) is 9.88 Å². The highest BCUT2D eigenvalue weighted by atomic mass is 16.6. The van der Waals surface area contributed by atoms with Crippen LogP contribution in [0, 0.1) is 0 Å². The Kier molecular flexibility index (Phi) is 6.62. The van der Waals surface area contributed by atoms with Crippen molar-refractivity contribution in [2.75, 3.05) is 7.11 Å². The van der Waals surface area contributed by atoms with E-state index in [0.29, 0.717) is 22.9 Å². The van der Waals surface area contributed by atoms with Crippen LogP contribution in [0.1, 0.15) is 26.3 Å². The number of carboxylic acid groups (broad SMARTS) is 1. The number of benzene rings is 2. The average Bonchev–Trinajstić information content (AvgIpc) is 2.98. The lowest BCUT2D eigenvalue weighted by Crippen LogP contribution is -2.44. The molecule has 0 bridgehead atoms. The zero-order chi connectivity index (χ0) is 23.5. The van der Waals surface area contributed by atoms with Crippen LogP contribution in [0.3, 0.4) is 0 Å². The van der Waals surface area contributed by atoms with Crippen LogP contribution in [0.2, 0.25) is 0 Å². The number of para-hydroxylation sites is 1. The van der Waals surface area contributed by atoms with Crippen LogP contribution in [0.4, 0.5) is 4.79 Å². The third kappa shape index (κ3) is 5.32. The first kappa shape index (κ1) is 23.0. The summed E-state index contributed by atoms with van der Waals surface area (Å²) < 4.78 is 18.4. The average molecular weight is 440 g/mol. The number of ether oxygens (including phenoxy) is 3. The van der Waals surface area contributed by atoms with Gasteiger partial charge in [-0.25, -0.2) is 9.59 Å². The van der Waals surface area contributed by atoms with E-state index in [1.165, 1.54) is 0 Å². The van der Waals surface area contributed by atoms with E-state index in [1.807, 2.05) is 35.9 Å². The molecule has 3 rings (SSSR count). The minimum Gasteiger partial charge on any atom is -0.497 e. The van der Waals surface area contributed by atoms with Crippen LogP contribution in [-0.2, 0) is 23.0 Å². The number of carboxylic acids is 1. The molecule has 32 heavy (non-hydrogen) atoms. The molecule has 1 heterocycles. The number of nitrogens with one attached hydrogen (secondary N) is 1. The van der Waals surface area contributed by atoms with E-state index in [9.17, 15) is 14.7 Å². The SMILES string of the molecule is COc1ccc(Oc2c(CC(NC(=O)OC(C)(C)C)C(=O)O)c3ccccc3n2C)cc1. The van der Waals surface area contributed by atoms with E-state index in [1.54, 1.807) is 52.1 Å². The molecule has 8 nitrogen and oxygen atoms in total. The Morgan fingerprint density at radius 2 is 1.69 bits per heavy atom. The monoisotopic (exact) mass is 440 g/mol. The highest BCUT2D eigenvalue weighted by Gasteiger charge is 2.28. The lowest BCUT2D eigenvalue weighted by Gasteiger charge is -2.22. The first-order chi connectivity index (χ1) is 15.1. The second kappa shape index (κ2) is 9.21. The van der Waals surface area contributed by atoms with Gasteiger partial charge in [-0.05, 0) is 51.1 Å². The van der Waals surface area contributed by atoms with Crippen molar-refractivity contribution in [3.63, 3.8) is 0 Å². The van der Waals surface area contributed by atoms with Gasteiger partial charge in [-0.3, -0.25) is 0 Å². The molecule has 0 fully saturated rings. The fourth-order valence-electron chi connectivity index (χ4n) is 3.39. The number of hydrogen-bond donors (Lipinski definition) is 2. The molecule has 0 saturated heterocycles. The molecular weight excluding hydrogens is 412 g/mol. The highest BCUT2D eigenvalue weighted by Crippen LogP contribution is 2.35. The molecule has 1 aromatic heterocycles. The van der Waals surface area contributed by atoms with Gasteiger partial charge in [-0.2, -0.15) is 0 Å². The normalized spacial score (nSPS) is 12.3. The number of aryl methyl sites for hydroxylation is 1. The van der Waals surface area contributed by atoms with Gasteiger partial charge >= 0.3 is 12.1 Å². The van der Waals surface area contributed by atoms with Gasteiger partial charge in [0, 0.05) is 24.4 Å². The molecule has 1 amide bonds. The summed E-state index contributed by atoms with van der Waals surface area (Å²) in [6.07, 6.45) is -0.774. The van der Waals surface area contributed by atoms with Crippen molar-refractivity contribution in [3.8, 4) is 17.4 Å². The Morgan fingerprint density at radius 1 is 1.06 bits per heavy atom. The molecule has 0 saturated carbocycles. The van der Waals surface area contributed by atoms with Crippen LogP contribution in [0.15, 0.2) is 48.5 Å². The van der Waals surface area contributed by atoms with E-state index in [4.69, 9.17) is 14.2 Å². The van der Waals surface area contributed by atoms with Gasteiger partial charge in [-0.15, -0.1) is 0 Å². The molecule has 0 spiro atoms. The Labute approximate surface area is 186 Å². The number of hydrogen-bond acceptors (Lipinski definition) is 5. The van der Waals surface area contributed by atoms with Gasteiger partial charge in [0.05, 0.1) is 12.6 Å². The minimum absolute atomic E-state index is 0.0153. The van der Waals surface area contributed by atoms with E-state index in [0.717, 1.165) is 10.9 Å². The molecule has 0 aliphatic heterocycles. The fraction of sp³-hybridized carbons (Fsp3) is 0.333. The Hall–Kier alpha value is -3.68. The van der Waals surface area contributed by atoms with Crippen LogP contribution in [0.25, 0.3) is 10.9 Å². The van der Waals surface area contributed by atoms with Crippen LogP contribution >= 0.6 is 0 Å². The smallest absolute Gasteiger partial charge is 0.408 e. The predicted octanol–water partition coefficient (Wildman–Crippen LogP) is 4.50. The maximum Gasteiger partial charge on any atom is 0.408 e. The summed E-state index contributed by atoms with van der Waals surface area (Å²) in [6.45, 7) is 5.15. The third-order valence-electron chi connectivity index (χ3n) is 4.82. The molecule has 8 heteroatoms. The second-order valence-electron chi connectivity index (χ2n) is 8.38. The molecule has 0 aliphatic carbocycles. The number of aliphatic carboxylic acids is 1. The molecule has 0 radical (unpaired) electrons. The number of amides is 1. The first-order valence-electron chi connectivity index (χ1n) is 10.2. The van der Waals surface area contributed by atoms with Crippen molar-refractivity contribution in [2.24, 2.45) is 7.05 Å². The van der Waals surface area contributed by atoms with Crippen LogP contribution < -0.4 is 14.8 Å². The lowest BCUT2D eigenvalue weighted by atomic mass is 10.0. The number of nitrogens with zero attached hydrogens (tertiary/aromatic N) is 1. The summed E-state index contributed by atoms with van der Waals surface area (Å²) in [6, 6.07) is 13.5. The molecule has 2 N–H and O–H groups in total. The molecule has 3 aromatic rings. The Morgan fingerprint density at radius 3 is 2.28 bits per heavy atom. The van der Waals surface area contributed by atoms with Gasteiger partial charge in [0.15, 0.2) is 0 Å². The summed E-state index contributed by atoms with van der Waals surface area (Å²) in [4.78, 5) is 24.2. The van der Waals surface area contributed by atoms with Gasteiger partial charge < -0.3 is 29.2 Å². The summed E-state index contributed by atoms with van der Waals surface area (Å²) in [5.74, 6) is 0.597. The van der Waals surface area contributed by atoms with Crippen molar-refractivity contribution in [2.45, 2.75) is 38.8 Å². The number of alkyl carbamates (subject to hydrolysis) is 1. The van der Waals surface area contributed by atoms with E-state index in [-0.39, 0.29) is 6.42 Å². The summed E-state index contributed by atoms with van der Waals surface area (Å²) in [5.41, 5.74) is 0.810. The Balaban J connectivity index is 1.97. The maximum absolute atomic E-state index is 12.2. The van der Waals surface area contributed by atoms with Gasteiger partial charge in [-0.1, -0.05) is 18.2 Å². The standard InChI is InChI=1S/C24H28N2O6/c1-24(2,3)32-23(29)25-19(22(27)28)14-18-17-8-6-7-9-20(17)26(4)21(18)31-16-12-10-15(30-5)11-13-16/h6-13,19H,14H2,1-5H3,(H,25,29)(H,27,28). The zero-order valence-corrected chi connectivity index (χ0v) is 18.8. The number of carbonyl (C=O) groups is 2. The minimum atomic E-state index is -1.20. The first-order valence-corrected chi connectivity index (χ1v) is 10.2. The molecule has 0 aliphatic rings. The van der Waals surface area contributed by atoms with Gasteiger partial charge in [0.25, 0.3) is 0 Å². The van der Waals surface area contributed by atoms with Crippen LogP contribution in [0.5, 0.6) is 17.4 Å². The van der Waals surface area contributed by atoms with Crippen molar-refractivity contribution in [3.05, 3.63) is 54.1 Å². The molecule has 2 aromatic carbocycles. The van der Waals surface area contributed by atoms with Crippen molar-refractivity contribution >= 4 is 23.0 Å². The summed E-state index contributed by atoms with van der Waals surface area (Å²) in [5, 5.41) is 13.1. The summed E-state index contributed by atoms with van der Waals surface area (Å²) in [7, 11) is 3.43. The predicted molar refractivity (Wildman–Crippen MR) is 120 cm³/mol. The maximum atomic E-state index is 12.2. The van der Waals surface area contributed by atoms with Crippen molar-refractivity contribution < 1.29 is 28.9 Å². The molecule has 1 unspecified atom stereocenters. The Bertz CT molecular complexity index is 1110. The summed E-state index contributed by atoms with van der Waals surface area (Å²) >= 11 is 0. The number of fused-ring (bicyclic) bond motifs is 1. The molecule has 1 atom stereocenters. The molecular formula is C24H28N2O6. The number of aromatic nitrogens is 1. The number of carbonyl (C=O) groups excluding carboxylic acids is 1. The number of rotatable bonds is 7. The molecule has 170 valence electrons. The number of methoxy groups -OCH3 is 1. The fourth-order valence-corrected chi connectivity index (χ4v) is 3.39. The van der Waals surface area contributed by atoms with Gasteiger partial charge in [0.1, 0.15) is 23.1 Å². The van der Waals surface area contributed by atoms with E-state index in [2.05, 4.69) is 5.32 Å². The zero-order valence-electron chi connectivity index (χ0n) is 18.8. The highest BCUT2D eigenvalue weighted by molar-refractivity contribution is 5.88. The third-order valence-corrected chi connectivity index (χ3v) is 4.82. The van der Waals surface area contributed by atoms with Crippen LogP contribution in [-0.4, -0.2) is 40.5 Å². The van der Waals surface area contributed by atoms with Crippen molar-refractivity contribution in [1.29, 1.82) is 0 Å². The van der Waals surface area contributed by atoms with Gasteiger partial charge in [0.2, 0.25) is 5.88 Å². The largest absolute Gasteiger partial charge is 0.497 e.